The molecule has 0 amide bonds. The zero-order chi connectivity index (χ0) is 17.7. The first-order valence-electron chi connectivity index (χ1n) is 9.77. The van der Waals surface area contributed by atoms with Gasteiger partial charge in [0.2, 0.25) is 0 Å². The number of piperazine rings is 2. The van der Waals surface area contributed by atoms with Gasteiger partial charge in [0, 0.05) is 91.6 Å². The molecule has 0 radical (unpaired) electrons. The minimum atomic E-state index is 0.403. The van der Waals surface area contributed by atoms with Gasteiger partial charge in [-0.1, -0.05) is 0 Å². The van der Waals surface area contributed by atoms with E-state index in [0.717, 1.165) is 105 Å². The highest BCUT2D eigenvalue weighted by Crippen LogP contribution is 2.01. The third kappa shape index (κ3) is 8.74. The number of nitrogens with zero attached hydrogens (tertiary/aromatic N) is 4. The van der Waals surface area contributed by atoms with Crippen molar-refractivity contribution in [2.24, 2.45) is 11.5 Å². The van der Waals surface area contributed by atoms with Gasteiger partial charge in [0.15, 0.2) is 0 Å². The van der Waals surface area contributed by atoms with Crippen LogP contribution in [0.3, 0.4) is 0 Å². The Morgan fingerprint density at radius 2 is 0.840 bits per heavy atom. The predicted molar refractivity (Wildman–Crippen MR) is 101 cm³/mol. The number of nitrogens with two attached hydrogens (primary N) is 2. The summed E-state index contributed by atoms with van der Waals surface area (Å²) in [5.41, 5.74) is 11.2. The van der Waals surface area contributed by atoms with E-state index in [9.17, 15) is 0 Å². The number of hydrogen-bond donors (Lipinski definition) is 2. The second kappa shape index (κ2) is 12.9. The summed E-state index contributed by atoms with van der Waals surface area (Å²) in [6.07, 6.45) is 0. The molecule has 8 heteroatoms. The fourth-order valence-corrected chi connectivity index (χ4v) is 3.40. The molecule has 2 aliphatic rings. The maximum Gasteiger partial charge on any atom is 0.146 e. The van der Waals surface area contributed by atoms with Crippen molar-refractivity contribution in [2.75, 3.05) is 112 Å². The maximum absolute atomic E-state index is 5.61. The largest absolute Gasteiger partial charge is 0.354 e. The van der Waals surface area contributed by atoms with Gasteiger partial charge in [0.25, 0.3) is 0 Å². The molecule has 2 saturated heterocycles. The minimum Gasteiger partial charge on any atom is -0.354 e. The smallest absolute Gasteiger partial charge is 0.146 e. The van der Waals surface area contributed by atoms with E-state index >= 15 is 0 Å². The van der Waals surface area contributed by atoms with Crippen molar-refractivity contribution in [3.05, 3.63) is 0 Å². The molecule has 0 atom stereocenters. The van der Waals surface area contributed by atoms with Gasteiger partial charge in [-0.25, -0.2) is 0 Å². The van der Waals surface area contributed by atoms with Crippen LogP contribution >= 0.6 is 0 Å². The molecule has 0 aromatic carbocycles. The van der Waals surface area contributed by atoms with Crippen LogP contribution in [0.15, 0.2) is 0 Å². The van der Waals surface area contributed by atoms with Gasteiger partial charge in [-0.05, 0) is 0 Å². The Balaban J connectivity index is 1.37. The van der Waals surface area contributed by atoms with Crippen molar-refractivity contribution in [1.82, 2.24) is 19.6 Å². The SMILES string of the molecule is NCCN1CCN(CCOCOCCN2CCN(CCN)CC2)CC1. The topological polar surface area (TPSA) is 83.5 Å². The van der Waals surface area contributed by atoms with E-state index in [-0.39, 0.29) is 0 Å². The molecule has 0 aliphatic carbocycles. The lowest BCUT2D eigenvalue weighted by molar-refractivity contribution is -0.0657. The fraction of sp³-hybridized carbons (Fsp3) is 1.00. The first-order valence-corrected chi connectivity index (χ1v) is 9.77. The molecule has 0 saturated carbocycles. The molecule has 8 nitrogen and oxygen atoms in total. The molecule has 0 aromatic heterocycles. The molecule has 25 heavy (non-hydrogen) atoms. The van der Waals surface area contributed by atoms with E-state index in [1.54, 1.807) is 0 Å². The third-order valence-corrected chi connectivity index (χ3v) is 5.09. The van der Waals surface area contributed by atoms with E-state index in [0.29, 0.717) is 6.79 Å². The van der Waals surface area contributed by atoms with Gasteiger partial charge < -0.3 is 20.9 Å². The van der Waals surface area contributed by atoms with E-state index < -0.39 is 0 Å². The average molecular weight is 359 g/mol. The fourth-order valence-electron chi connectivity index (χ4n) is 3.40. The molecular formula is C17H38N6O2. The highest BCUT2D eigenvalue weighted by molar-refractivity contribution is 4.72. The van der Waals surface area contributed by atoms with Gasteiger partial charge in [-0.3, -0.25) is 19.6 Å². The van der Waals surface area contributed by atoms with Gasteiger partial charge in [0.1, 0.15) is 6.79 Å². The summed E-state index contributed by atoms with van der Waals surface area (Å²) in [6.45, 7) is 16.3. The summed E-state index contributed by atoms with van der Waals surface area (Å²) in [7, 11) is 0. The number of ether oxygens (including phenoxy) is 2. The molecule has 4 N–H and O–H groups in total. The van der Waals surface area contributed by atoms with Gasteiger partial charge in [-0.15, -0.1) is 0 Å². The standard InChI is InChI=1S/C17H38N6O2/c18-1-3-20-5-9-22(10-6-20)13-15-24-17-25-16-14-23-11-7-21(4-2-19)8-12-23/h1-19H2. The first kappa shape index (κ1) is 21.0. The second-order valence-corrected chi connectivity index (χ2v) is 6.88. The quantitative estimate of drug-likeness (QED) is 0.310. The molecule has 2 fully saturated rings. The van der Waals surface area contributed by atoms with Crippen LogP contribution in [0.4, 0.5) is 0 Å². The lowest BCUT2D eigenvalue weighted by Gasteiger charge is -2.34. The number of hydrogen-bond acceptors (Lipinski definition) is 8. The zero-order valence-corrected chi connectivity index (χ0v) is 15.8. The molecule has 0 bridgehead atoms. The van der Waals surface area contributed by atoms with Crippen LogP contribution in [-0.4, -0.2) is 131 Å². The maximum atomic E-state index is 5.61. The Labute approximate surface area is 153 Å². The summed E-state index contributed by atoms with van der Waals surface area (Å²) >= 11 is 0. The third-order valence-electron chi connectivity index (χ3n) is 5.09. The van der Waals surface area contributed by atoms with E-state index in [1.165, 1.54) is 0 Å². The van der Waals surface area contributed by atoms with Crippen LogP contribution in [0, 0.1) is 0 Å². The Kier molecular flexibility index (Phi) is 10.9. The van der Waals surface area contributed by atoms with Gasteiger partial charge in [0.05, 0.1) is 13.2 Å². The Morgan fingerprint density at radius 3 is 1.16 bits per heavy atom. The van der Waals surface area contributed by atoms with Gasteiger partial charge in [-0.2, -0.15) is 0 Å². The van der Waals surface area contributed by atoms with Crippen LogP contribution in [-0.2, 0) is 9.47 Å². The van der Waals surface area contributed by atoms with E-state index in [4.69, 9.17) is 20.9 Å². The molecule has 0 aromatic rings. The zero-order valence-electron chi connectivity index (χ0n) is 15.8. The highest BCUT2D eigenvalue weighted by Gasteiger charge is 2.16. The van der Waals surface area contributed by atoms with Crippen molar-refractivity contribution in [3.63, 3.8) is 0 Å². The van der Waals surface area contributed by atoms with Crippen LogP contribution in [0.5, 0.6) is 0 Å². The van der Waals surface area contributed by atoms with Crippen LogP contribution in [0.25, 0.3) is 0 Å². The average Bonchev–Trinajstić information content (AvgIpc) is 2.64. The van der Waals surface area contributed by atoms with Crippen molar-refractivity contribution in [2.45, 2.75) is 0 Å². The lowest BCUT2D eigenvalue weighted by atomic mass is 10.3. The Hall–Kier alpha value is -0.320. The molecule has 2 heterocycles. The predicted octanol–water partition coefficient (Wildman–Crippen LogP) is -1.87. The summed E-state index contributed by atoms with van der Waals surface area (Å²) in [4.78, 5) is 9.76. The normalized spacial score (nSPS) is 21.8. The Bertz CT molecular complexity index is 290. The van der Waals surface area contributed by atoms with Gasteiger partial charge >= 0.3 is 0 Å². The molecule has 0 spiro atoms. The molecule has 2 aliphatic heterocycles. The first-order chi connectivity index (χ1) is 12.3. The number of rotatable bonds is 12. The highest BCUT2D eigenvalue weighted by atomic mass is 16.7. The van der Waals surface area contributed by atoms with Crippen molar-refractivity contribution >= 4 is 0 Å². The summed E-state index contributed by atoms with van der Waals surface area (Å²) in [5.74, 6) is 0. The monoisotopic (exact) mass is 358 g/mol. The summed E-state index contributed by atoms with van der Waals surface area (Å²) < 4.78 is 11.2. The van der Waals surface area contributed by atoms with Crippen LogP contribution in [0.2, 0.25) is 0 Å². The molecule has 148 valence electrons. The van der Waals surface area contributed by atoms with Crippen LogP contribution in [0.1, 0.15) is 0 Å². The van der Waals surface area contributed by atoms with Crippen LogP contribution < -0.4 is 11.5 Å². The van der Waals surface area contributed by atoms with Crippen molar-refractivity contribution in [1.29, 1.82) is 0 Å². The molecule has 2 rings (SSSR count). The second-order valence-electron chi connectivity index (χ2n) is 6.88. The van der Waals surface area contributed by atoms with Crippen molar-refractivity contribution < 1.29 is 9.47 Å². The lowest BCUT2D eigenvalue weighted by Crippen LogP contribution is -2.48. The van der Waals surface area contributed by atoms with E-state index in [1.807, 2.05) is 0 Å². The molecule has 0 unspecified atom stereocenters. The van der Waals surface area contributed by atoms with Crippen molar-refractivity contribution in [3.8, 4) is 0 Å². The minimum absolute atomic E-state index is 0.403. The summed E-state index contributed by atoms with van der Waals surface area (Å²) in [6, 6.07) is 0. The van der Waals surface area contributed by atoms with E-state index in [2.05, 4.69) is 19.6 Å². The summed E-state index contributed by atoms with van der Waals surface area (Å²) in [5, 5.41) is 0. The molecular weight excluding hydrogens is 320 g/mol. The Morgan fingerprint density at radius 1 is 0.520 bits per heavy atom.